The molecular weight excluding hydrogens is 372 g/mol. The van der Waals surface area contributed by atoms with Crippen molar-refractivity contribution in [2.24, 2.45) is 0 Å². The van der Waals surface area contributed by atoms with Gasteiger partial charge in [-0.3, -0.25) is 0 Å². The summed E-state index contributed by atoms with van der Waals surface area (Å²) < 4.78 is 18.1. The average Bonchev–Trinajstić information content (AvgIpc) is 3.09. The molecule has 3 rings (SSSR count). The molecule has 0 fully saturated rings. The number of aryl methyl sites for hydroxylation is 1. The van der Waals surface area contributed by atoms with Crippen molar-refractivity contribution in [2.75, 3.05) is 20.3 Å². The summed E-state index contributed by atoms with van der Waals surface area (Å²) in [5.41, 5.74) is 1.42. The van der Waals surface area contributed by atoms with Crippen LogP contribution in [0.4, 0.5) is 4.79 Å². The van der Waals surface area contributed by atoms with Gasteiger partial charge in [0.15, 0.2) is 5.82 Å². The zero-order valence-electron chi connectivity index (χ0n) is 17.6. The van der Waals surface area contributed by atoms with Gasteiger partial charge in [0.25, 0.3) is 0 Å². The van der Waals surface area contributed by atoms with E-state index in [2.05, 4.69) is 10.4 Å². The number of alkyl carbamates (subject to hydrolysis) is 1. The highest BCUT2D eigenvalue weighted by Gasteiger charge is 2.23. The Balaban J connectivity index is 1.56. The van der Waals surface area contributed by atoms with E-state index < -0.39 is 11.7 Å². The minimum atomic E-state index is -0.506. The number of carbonyl (C=O) groups excluding carboxylic acids is 1. The average molecular weight is 402 g/mol. The van der Waals surface area contributed by atoms with Crippen molar-refractivity contribution in [2.45, 2.75) is 58.4 Å². The van der Waals surface area contributed by atoms with Crippen LogP contribution in [0.1, 0.15) is 38.6 Å². The molecule has 2 aromatic rings. The highest BCUT2D eigenvalue weighted by atomic mass is 16.6. The number of amides is 1. The van der Waals surface area contributed by atoms with Crippen LogP contribution < -0.4 is 5.32 Å². The van der Waals surface area contributed by atoms with Gasteiger partial charge in [0, 0.05) is 32.2 Å². The molecule has 0 radical (unpaired) electrons. The molecule has 1 aliphatic heterocycles. The van der Waals surface area contributed by atoms with Gasteiger partial charge in [0.1, 0.15) is 11.4 Å². The summed E-state index contributed by atoms with van der Waals surface area (Å²) in [5, 5.41) is 7.39. The first-order valence-corrected chi connectivity index (χ1v) is 9.94. The standard InChI is InChI=1S/C21H30N4O4/c1-21(2,3)29-20(26)22-14-15-5-7-16(8-6-15)19-23-18-13-17(28-12-11-27-4)9-10-25(18)24-19/h5-8,17H,9-14H2,1-4H3,(H,22,26). The number of rotatable bonds is 7. The first-order valence-electron chi connectivity index (χ1n) is 9.94. The van der Waals surface area contributed by atoms with Crippen LogP contribution in [0.3, 0.4) is 0 Å². The van der Waals surface area contributed by atoms with E-state index in [1.807, 2.05) is 49.7 Å². The van der Waals surface area contributed by atoms with Crippen LogP contribution in [0.5, 0.6) is 0 Å². The Kier molecular flexibility index (Phi) is 6.87. The summed E-state index contributed by atoms with van der Waals surface area (Å²) in [6, 6.07) is 7.87. The van der Waals surface area contributed by atoms with Crippen LogP contribution in [-0.4, -0.2) is 52.9 Å². The number of nitrogens with one attached hydrogen (secondary N) is 1. The number of ether oxygens (including phenoxy) is 3. The fourth-order valence-corrected chi connectivity index (χ4v) is 3.10. The van der Waals surface area contributed by atoms with E-state index in [1.54, 1.807) is 7.11 Å². The molecule has 1 atom stereocenters. The molecule has 1 aromatic carbocycles. The molecule has 0 saturated heterocycles. The van der Waals surface area contributed by atoms with Crippen molar-refractivity contribution in [1.29, 1.82) is 0 Å². The first kappa shape index (κ1) is 21.3. The molecule has 1 unspecified atom stereocenters. The van der Waals surface area contributed by atoms with E-state index in [-0.39, 0.29) is 6.10 Å². The van der Waals surface area contributed by atoms with E-state index in [1.165, 1.54) is 0 Å². The number of nitrogens with zero attached hydrogens (tertiary/aromatic N) is 3. The van der Waals surface area contributed by atoms with E-state index in [4.69, 9.17) is 19.2 Å². The van der Waals surface area contributed by atoms with Gasteiger partial charge < -0.3 is 19.5 Å². The summed E-state index contributed by atoms with van der Waals surface area (Å²) in [4.78, 5) is 16.5. The smallest absolute Gasteiger partial charge is 0.407 e. The molecule has 0 saturated carbocycles. The normalized spacial score (nSPS) is 16.3. The van der Waals surface area contributed by atoms with E-state index in [9.17, 15) is 4.79 Å². The van der Waals surface area contributed by atoms with Crippen LogP contribution >= 0.6 is 0 Å². The number of methoxy groups -OCH3 is 1. The zero-order chi connectivity index (χ0) is 20.9. The van der Waals surface area contributed by atoms with E-state index >= 15 is 0 Å². The topological polar surface area (TPSA) is 87.5 Å². The van der Waals surface area contributed by atoms with Crippen molar-refractivity contribution in [3.63, 3.8) is 0 Å². The number of benzene rings is 1. The maximum Gasteiger partial charge on any atom is 0.407 e. The molecule has 8 heteroatoms. The van der Waals surface area contributed by atoms with Gasteiger partial charge in [-0.1, -0.05) is 24.3 Å². The molecule has 29 heavy (non-hydrogen) atoms. The minimum Gasteiger partial charge on any atom is -0.444 e. The van der Waals surface area contributed by atoms with Crippen LogP contribution in [0.25, 0.3) is 11.4 Å². The fraction of sp³-hybridized carbons (Fsp3) is 0.571. The largest absolute Gasteiger partial charge is 0.444 e. The Morgan fingerprint density at radius 3 is 2.69 bits per heavy atom. The van der Waals surface area contributed by atoms with Crippen molar-refractivity contribution >= 4 is 6.09 Å². The summed E-state index contributed by atoms with van der Waals surface area (Å²) in [6.07, 6.45) is 1.42. The Labute approximate surface area is 171 Å². The van der Waals surface area contributed by atoms with Crippen molar-refractivity contribution < 1.29 is 19.0 Å². The van der Waals surface area contributed by atoms with Gasteiger partial charge in [0.05, 0.1) is 19.3 Å². The summed E-state index contributed by atoms with van der Waals surface area (Å²) in [5.74, 6) is 1.66. The molecule has 0 spiro atoms. The van der Waals surface area contributed by atoms with E-state index in [0.29, 0.717) is 25.6 Å². The lowest BCUT2D eigenvalue weighted by molar-refractivity contribution is 0.00410. The zero-order valence-corrected chi connectivity index (χ0v) is 17.6. The highest BCUT2D eigenvalue weighted by molar-refractivity contribution is 5.67. The third kappa shape index (κ3) is 6.27. The molecule has 0 bridgehead atoms. The number of hydrogen-bond acceptors (Lipinski definition) is 6. The SMILES string of the molecule is COCCOC1CCn2nc(-c3ccc(CNC(=O)OC(C)(C)C)cc3)nc2C1. The molecule has 2 heterocycles. The predicted octanol–water partition coefficient (Wildman–Crippen LogP) is 2.95. The van der Waals surface area contributed by atoms with Gasteiger partial charge in [-0.2, -0.15) is 5.10 Å². The van der Waals surface area contributed by atoms with Crippen LogP contribution in [0.2, 0.25) is 0 Å². The van der Waals surface area contributed by atoms with Gasteiger partial charge >= 0.3 is 6.09 Å². The Bertz CT molecular complexity index is 811. The highest BCUT2D eigenvalue weighted by Crippen LogP contribution is 2.21. The molecule has 1 N–H and O–H groups in total. The Hall–Kier alpha value is -2.45. The van der Waals surface area contributed by atoms with E-state index in [0.717, 1.165) is 36.3 Å². The van der Waals surface area contributed by atoms with Crippen LogP contribution in [0, 0.1) is 0 Å². The second kappa shape index (κ2) is 9.37. The van der Waals surface area contributed by atoms with Crippen molar-refractivity contribution in [1.82, 2.24) is 20.1 Å². The van der Waals surface area contributed by atoms with Gasteiger partial charge in [-0.05, 0) is 32.8 Å². The molecule has 8 nitrogen and oxygen atoms in total. The Morgan fingerprint density at radius 1 is 1.24 bits per heavy atom. The fourth-order valence-electron chi connectivity index (χ4n) is 3.10. The molecule has 0 aliphatic carbocycles. The van der Waals surface area contributed by atoms with Crippen LogP contribution in [0.15, 0.2) is 24.3 Å². The third-order valence-corrected chi connectivity index (χ3v) is 4.51. The van der Waals surface area contributed by atoms with Crippen molar-refractivity contribution in [3.8, 4) is 11.4 Å². The first-order chi connectivity index (χ1) is 13.8. The quantitative estimate of drug-likeness (QED) is 0.717. The lowest BCUT2D eigenvalue weighted by atomic mass is 10.1. The van der Waals surface area contributed by atoms with Gasteiger partial charge in [0.2, 0.25) is 0 Å². The predicted molar refractivity (Wildman–Crippen MR) is 108 cm³/mol. The lowest BCUT2D eigenvalue weighted by Crippen LogP contribution is -2.32. The number of carbonyl (C=O) groups is 1. The second-order valence-corrected chi connectivity index (χ2v) is 8.11. The molecule has 158 valence electrons. The summed E-state index contributed by atoms with van der Waals surface area (Å²) in [7, 11) is 1.67. The molecule has 1 amide bonds. The maximum atomic E-state index is 11.8. The maximum absolute atomic E-state index is 11.8. The Morgan fingerprint density at radius 2 is 2.00 bits per heavy atom. The molecular formula is C21H30N4O4. The molecule has 1 aliphatic rings. The molecule has 1 aromatic heterocycles. The minimum absolute atomic E-state index is 0.163. The number of hydrogen-bond donors (Lipinski definition) is 1. The number of fused-ring (bicyclic) bond motifs is 1. The lowest BCUT2D eigenvalue weighted by Gasteiger charge is -2.22. The second-order valence-electron chi connectivity index (χ2n) is 8.11. The van der Waals surface area contributed by atoms with Gasteiger partial charge in [-0.15, -0.1) is 0 Å². The third-order valence-electron chi connectivity index (χ3n) is 4.51. The van der Waals surface area contributed by atoms with Crippen molar-refractivity contribution in [3.05, 3.63) is 35.7 Å². The monoisotopic (exact) mass is 402 g/mol. The number of aromatic nitrogens is 3. The van der Waals surface area contributed by atoms with Crippen LogP contribution in [-0.2, 0) is 33.7 Å². The summed E-state index contributed by atoms with van der Waals surface area (Å²) in [6.45, 7) is 7.93. The van der Waals surface area contributed by atoms with Gasteiger partial charge in [-0.25, -0.2) is 14.5 Å². The summed E-state index contributed by atoms with van der Waals surface area (Å²) >= 11 is 0.